The molecule has 3 saturated heterocycles. The predicted molar refractivity (Wildman–Crippen MR) is 178 cm³/mol. The van der Waals surface area contributed by atoms with Gasteiger partial charge in [-0.1, -0.05) is 87.9 Å². The van der Waals surface area contributed by atoms with Crippen molar-refractivity contribution in [1.82, 2.24) is 9.88 Å². The number of piperazine rings is 1. The summed E-state index contributed by atoms with van der Waals surface area (Å²) in [6, 6.07) is 26.1. The highest BCUT2D eigenvalue weighted by Gasteiger charge is 2.30. The van der Waals surface area contributed by atoms with E-state index in [1.54, 1.807) is 0 Å². The first-order valence-electron chi connectivity index (χ1n) is 15.9. The van der Waals surface area contributed by atoms with Crippen LogP contribution in [0, 0.1) is 13.8 Å². The van der Waals surface area contributed by atoms with Crippen LogP contribution in [0.3, 0.4) is 0 Å². The zero-order valence-corrected chi connectivity index (χ0v) is 27.1. The smallest absolute Gasteiger partial charge is 0.128 e. The maximum absolute atomic E-state index is 5.69. The summed E-state index contributed by atoms with van der Waals surface area (Å²) in [5.41, 5.74) is 3.92. The summed E-state index contributed by atoms with van der Waals surface area (Å²) in [5, 5.41) is 0. The molecular weight excluding hydrogens is 504 g/mol. The van der Waals surface area contributed by atoms with Crippen molar-refractivity contribution >= 4 is 11.5 Å². The van der Waals surface area contributed by atoms with Crippen LogP contribution in [0.4, 0.5) is 11.5 Å². The minimum atomic E-state index is 0.289. The molecule has 6 rings (SSSR count). The van der Waals surface area contributed by atoms with E-state index in [1.165, 1.54) is 55.8 Å². The average Bonchev–Trinajstić information content (AvgIpc) is 3.49. The molecular formula is C36H56N4O. The van der Waals surface area contributed by atoms with E-state index in [9.17, 15) is 0 Å². The number of benzene rings is 2. The summed E-state index contributed by atoms with van der Waals surface area (Å²) in [5.74, 6) is 1.06. The molecule has 3 aliphatic heterocycles. The van der Waals surface area contributed by atoms with Crippen molar-refractivity contribution in [3.05, 3.63) is 90.1 Å². The number of pyridine rings is 1. The monoisotopic (exact) mass is 560 g/mol. The molecule has 0 spiro atoms. The van der Waals surface area contributed by atoms with Gasteiger partial charge in [0, 0.05) is 50.6 Å². The van der Waals surface area contributed by atoms with Crippen molar-refractivity contribution < 1.29 is 4.74 Å². The Morgan fingerprint density at radius 3 is 1.80 bits per heavy atom. The number of nitrogens with zero attached hydrogens (tertiary/aromatic N) is 4. The van der Waals surface area contributed by atoms with Gasteiger partial charge in [0.15, 0.2) is 0 Å². The Morgan fingerprint density at radius 2 is 1.27 bits per heavy atom. The normalized spacial score (nSPS) is 21.3. The molecule has 5 heteroatoms. The molecule has 4 heterocycles. The standard InChI is InChI=1S/C13H18N2.C12H18N2O.C7H8.2C2H6/c1-2-5-12(6-3-1)15-10-9-14-8-4-7-13(14)11-15;1-9-4-5-12(13-6-9)14-7-10(2)15-11(3)8-14;1-7-5-3-2-4-6-7;2*1-2/h1-3,5-6,13H,4,7-11H2;4-6,10-11H,7-8H2,1-3H3;2-6H,1H3;2*1-2H3/t13-;10-,11+;;;/m0..../s1. The Morgan fingerprint density at radius 1 is 0.659 bits per heavy atom. The minimum absolute atomic E-state index is 0.289. The van der Waals surface area contributed by atoms with Gasteiger partial charge in [-0.25, -0.2) is 4.98 Å². The third-order valence-corrected chi connectivity index (χ3v) is 7.29. The minimum Gasteiger partial charge on any atom is -0.372 e. The Kier molecular flexibility index (Phi) is 16.1. The van der Waals surface area contributed by atoms with Gasteiger partial charge >= 0.3 is 0 Å². The Bertz CT molecular complexity index is 1030. The van der Waals surface area contributed by atoms with E-state index < -0.39 is 0 Å². The highest BCUT2D eigenvalue weighted by Crippen LogP contribution is 2.25. The fourth-order valence-electron chi connectivity index (χ4n) is 5.41. The maximum Gasteiger partial charge on any atom is 0.128 e. The average molecular weight is 561 g/mol. The van der Waals surface area contributed by atoms with Crippen LogP contribution in [0.1, 0.15) is 65.5 Å². The third-order valence-electron chi connectivity index (χ3n) is 7.29. The maximum atomic E-state index is 5.69. The number of hydrogen-bond acceptors (Lipinski definition) is 5. The Hall–Kier alpha value is -2.89. The van der Waals surface area contributed by atoms with E-state index in [-0.39, 0.29) is 12.2 Å². The van der Waals surface area contributed by atoms with Crippen LogP contribution in [0.15, 0.2) is 79.0 Å². The van der Waals surface area contributed by atoms with Crippen molar-refractivity contribution in [3.8, 4) is 0 Å². The second-order valence-corrected chi connectivity index (χ2v) is 10.6. The lowest BCUT2D eigenvalue weighted by molar-refractivity contribution is -0.00545. The fraction of sp³-hybridized carbons (Fsp3) is 0.528. The molecule has 1 aromatic heterocycles. The molecule has 0 N–H and O–H groups in total. The van der Waals surface area contributed by atoms with Gasteiger partial charge in [-0.2, -0.15) is 0 Å². The van der Waals surface area contributed by atoms with Gasteiger partial charge in [0.05, 0.1) is 12.2 Å². The van der Waals surface area contributed by atoms with Crippen molar-refractivity contribution in [2.45, 2.75) is 86.5 Å². The number of aryl methyl sites for hydroxylation is 2. The number of para-hydroxylation sites is 1. The van der Waals surface area contributed by atoms with Gasteiger partial charge in [0.2, 0.25) is 0 Å². The van der Waals surface area contributed by atoms with Gasteiger partial charge in [0.25, 0.3) is 0 Å². The molecule has 0 amide bonds. The molecule has 0 radical (unpaired) electrons. The second-order valence-electron chi connectivity index (χ2n) is 10.6. The predicted octanol–water partition coefficient (Wildman–Crippen LogP) is 8.02. The van der Waals surface area contributed by atoms with Crippen molar-refractivity contribution in [3.63, 3.8) is 0 Å². The fourth-order valence-corrected chi connectivity index (χ4v) is 5.41. The van der Waals surface area contributed by atoms with Gasteiger partial charge in [0.1, 0.15) is 5.82 Å². The largest absolute Gasteiger partial charge is 0.372 e. The molecule has 0 unspecified atom stereocenters. The van der Waals surface area contributed by atoms with Crippen LogP contribution in [0.25, 0.3) is 0 Å². The van der Waals surface area contributed by atoms with Crippen LogP contribution in [0.5, 0.6) is 0 Å². The van der Waals surface area contributed by atoms with Crippen molar-refractivity contribution in [2.75, 3.05) is 49.1 Å². The molecule has 41 heavy (non-hydrogen) atoms. The zero-order valence-electron chi connectivity index (χ0n) is 27.1. The summed E-state index contributed by atoms with van der Waals surface area (Å²) < 4.78 is 5.69. The van der Waals surface area contributed by atoms with Gasteiger partial charge in [-0.15, -0.1) is 0 Å². The van der Waals surface area contributed by atoms with Crippen LogP contribution in [0.2, 0.25) is 0 Å². The Labute approximate surface area is 251 Å². The number of rotatable bonds is 2. The first kappa shape index (κ1) is 34.3. The van der Waals surface area contributed by atoms with E-state index in [1.807, 2.05) is 52.1 Å². The molecule has 226 valence electrons. The molecule has 0 saturated carbocycles. The van der Waals surface area contributed by atoms with Crippen molar-refractivity contribution in [2.24, 2.45) is 0 Å². The molecule has 3 aliphatic rings. The summed E-state index contributed by atoms with van der Waals surface area (Å²) >= 11 is 0. The van der Waals surface area contributed by atoms with Crippen LogP contribution in [-0.2, 0) is 4.74 Å². The van der Waals surface area contributed by atoms with E-state index in [4.69, 9.17) is 4.74 Å². The van der Waals surface area contributed by atoms with Gasteiger partial charge in [-0.3, -0.25) is 4.90 Å². The summed E-state index contributed by atoms with van der Waals surface area (Å²) in [4.78, 5) is 11.9. The molecule has 5 nitrogen and oxygen atoms in total. The number of morpholine rings is 1. The SMILES string of the molecule is CC.CC.Cc1ccc(N2C[C@@H](C)O[C@@H](C)C2)nc1.Cc1ccccc1.c1ccc(N2CCN3CCC[C@H]3C2)cc1. The van der Waals surface area contributed by atoms with Gasteiger partial charge < -0.3 is 14.5 Å². The van der Waals surface area contributed by atoms with E-state index >= 15 is 0 Å². The number of ether oxygens (including phenoxy) is 1. The topological polar surface area (TPSA) is 31.8 Å². The number of anilines is 2. The van der Waals surface area contributed by atoms with Gasteiger partial charge in [-0.05, 0) is 70.8 Å². The molecule has 2 aromatic carbocycles. The first-order valence-corrected chi connectivity index (χ1v) is 15.9. The van der Waals surface area contributed by atoms with E-state index in [2.05, 4.69) is 102 Å². The quantitative estimate of drug-likeness (QED) is 0.317. The molecule has 3 atom stereocenters. The lowest BCUT2D eigenvalue weighted by Gasteiger charge is -2.38. The number of aromatic nitrogens is 1. The highest BCUT2D eigenvalue weighted by atomic mass is 16.5. The second kappa shape index (κ2) is 19.3. The molecule has 0 aliphatic carbocycles. The lowest BCUT2D eigenvalue weighted by Crippen LogP contribution is -2.50. The molecule has 3 aromatic rings. The van der Waals surface area contributed by atoms with Crippen molar-refractivity contribution in [1.29, 1.82) is 0 Å². The molecule has 0 bridgehead atoms. The van der Waals surface area contributed by atoms with Crippen LogP contribution >= 0.6 is 0 Å². The van der Waals surface area contributed by atoms with E-state index in [0.29, 0.717) is 0 Å². The third kappa shape index (κ3) is 11.9. The number of fused-ring (bicyclic) bond motifs is 1. The van der Waals surface area contributed by atoms with E-state index in [0.717, 1.165) is 24.9 Å². The Balaban J connectivity index is 0.000000214. The van der Waals surface area contributed by atoms with Crippen LogP contribution < -0.4 is 9.80 Å². The van der Waals surface area contributed by atoms with Crippen LogP contribution in [-0.4, -0.2) is 67.4 Å². The highest BCUT2D eigenvalue weighted by molar-refractivity contribution is 5.46. The molecule has 3 fully saturated rings. The summed E-state index contributed by atoms with van der Waals surface area (Å²) in [7, 11) is 0. The zero-order chi connectivity index (χ0) is 30.0. The summed E-state index contributed by atoms with van der Waals surface area (Å²) in [6.45, 7) is 23.2. The number of hydrogen-bond donors (Lipinski definition) is 0. The first-order chi connectivity index (χ1) is 20.0. The summed E-state index contributed by atoms with van der Waals surface area (Å²) in [6.07, 6.45) is 5.28. The lowest BCUT2D eigenvalue weighted by atomic mass is 10.1.